The summed E-state index contributed by atoms with van der Waals surface area (Å²) >= 11 is 0. The molecule has 1 aliphatic rings. The Kier molecular flexibility index (Phi) is 6.20. The van der Waals surface area contributed by atoms with Crippen LogP contribution in [0.25, 0.3) is 0 Å². The zero-order valence-electron chi connectivity index (χ0n) is 9.72. The lowest BCUT2D eigenvalue weighted by atomic mass is 10.0. The van der Waals surface area contributed by atoms with Gasteiger partial charge in [0, 0.05) is 13.7 Å². The Morgan fingerprint density at radius 3 is 2.71 bits per heavy atom. The van der Waals surface area contributed by atoms with Crippen molar-refractivity contribution < 1.29 is 4.74 Å². The second kappa shape index (κ2) is 7.24. The highest BCUT2D eigenvalue weighted by atomic mass is 16.5. The summed E-state index contributed by atoms with van der Waals surface area (Å²) in [5.41, 5.74) is 0. The summed E-state index contributed by atoms with van der Waals surface area (Å²) in [6.07, 6.45) is 6.73. The third kappa shape index (κ3) is 5.61. The third-order valence-electron chi connectivity index (χ3n) is 2.99. The van der Waals surface area contributed by atoms with E-state index >= 15 is 0 Å². The van der Waals surface area contributed by atoms with Crippen molar-refractivity contribution >= 4 is 0 Å². The van der Waals surface area contributed by atoms with Crippen LogP contribution >= 0.6 is 0 Å². The van der Waals surface area contributed by atoms with Crippen LogP contribution in [0.15, 0.2) is 0 Å². The van der Waals surface area contributed by atoms with Crippen molar-refractivity contribution in [3.8, 4) is 0 Å². The average Bonchev–Trinajstić information content (AvgIpc) is 2.98. The van der Waals surface area contributed by atoms with Gasteiger partial charge in [0.05, 0.1) is 0 Å². The molecule has 0 heterocycles. The molecule has 0 aliphatic heterocycles. The van der Waals surface area contributed by atoms with Gasteiger partial charge in [-0.05, 0) is 50.6 Å². The molecule has 1 rings (SSSR count). The molecule has 0 unspecified atom stereocenters. The lowest BCUT2D eigenvalue weighted by Gasteiger charge is -2.16. The Balaban J connectivity index is 1.99. The molecule has 0 aromatic heterocycles. The number of methoxy groups -OCH3 is 1. The van der Waals surface area contributed by atoms with E-state index in [1.807, 2.05) is 0 Å². The molecule has 1 saturated carbocycles. The Morgan fingerprint density at radius 2 is 2.14 bits per heavy atom. The molecule has 1 atom stereocenters. The molecular weight excluding hydrogens is 174 g/mol. The quantitative estimate of drug-likeness (QED) is 0.616. The number of hydrogen-bond acceptors (Lipinski definition) is 2. The smallest absolute Gasteiger partial charge is 0.0465 e. The van der Waals surface area contributed by atoms with Crippen molar-refractivity contribution in [2.45, 2.75) is 39.0 Å². The summed E-state index contributed by atoms with van der Waals surface area (Å²) in [7, 11) is 1.79. The van der Waals surface area contributed by atoms with E-state index in [-0.39, 0.29) is 0 Å². The first-order valence-electron chi connectivity index (χ1n) is 6.06. The largest absolute Gasteiger partial charge is 0.385 e. The maximum Gasteiger partial charge on any atom is 0.0465 e. The highest BCUT2D eigenvalue weighted by Crippen LogP contribution is 2.27. The molecular formula is C12H25NO. The van der Waals surface area contributed by atoms with Gasteiger partial charge in [0.2, 0.25) is 0 Å². The van der Waals surface area contributed by atoms with Crippen LogP contribution in [-0.2, 0) is 4.74 Å². The van der Waals surface area contributed by atoms with E-state index in [1.54, 1.807) is 7.11 Å². The van der Waals surface area contributed by atoms with Crippen molar-refractivity contribution in [3.63, 3.8) is 0 Å². The maximum absolute atomic E-state index is 5.13. The first-order chi connectivity index (χ1) is 6.86. The third-order valence-corrected chi connectivity index (χ3v) is 2.99. The highest BCUT2D eigenvalue weighted by molar-refractivity contribution is 4.76. The maximum atomic E-state index is 5.13. The van der Waals surface area contributed by atoms with Gasteiger partial charge in [0.25, 0.3) is 0 Å². The van der Waals surface area contributed by atoms with Crippen LogP contribution in [0.5, 0.6) is 0 Å². The summed E-state index contributed by atoms with van der Waals surface area (Å²) in [6, 6.07) is 0. The van der Waals surface area contributed by atoms with Crippen LogP contribution < -0.4 is 5.32 Å². The van der Waals surface area contributed by atoms with Gasteiger partial charge in [0.15, 0.2) is 0 Å². The van der Waals surface area contributed by atoms with E-state index < -0.39 is 0 Å². The molecule has 2 heteroatoms. The molecule has 14 heavy (non-hydrogen) atoms. The Bertz CT molecular complexity index is 134. The molecule has 0 bridgehead atoms. The molecule has 0 saturated heterocycles. The number of nitrogens with one attached hydrogen (secondary N) is 1. The van der Waals surface area contributed by atoms with Crippen molar-refractivity contribution in [2.75, 3.05) is 26.8 Å². The zero-order valence-corrected chi connectivity index (χ0v) is 9.72. The Labute approximate surface area is 88.4 Å². The Hall–Kier alpha value is -0.0800. The van der Waals surface area contributed by atoms with Crippen LogP contribution in [0, 0.1) is 11.8 Å². The first kappa shape index (κ1) is 12.0. The van der Waals surface area contributed by atoms with Crippen LogP contribution in [0.2, 0.25) is 0 Å². The van der Waals surface area contributed by atoms with Crippen molar-refractivity contribution in [3.05, 3.63) is 0 Å². The summed E-state index contributed by atoms with van der Waals surface area (Å²) < 4.78 is 5.13. The topological polar surface area (TPSA) is 21.3 Å². The minimum atomic E-state index is 0.818. The van der Waals surface area contributed by atoms with Crippen molar-refractivity contribution in [2.24, 2.45) is 11.8 Å². The fraction of sp³-hybridized carbons (Fsp3) is 1.00. The van der Waals surface area contributed by atoms with Gasteiger partial charge in [-0.25, -0.2) is 0 Å². The van der Waals surface area contributed by atoms with Crippen LogP contribution in [0.4, 0.5) is 0 Å². The van der Waals surface area contributed by atoms with Gasteiger partial charge in [0.1, 0.15) is 0 Å². The van der Waals surface area contributed by atoms with Crippen LogP contribution in [-0.4, -0.2) is 26.8 Å². The van der Waals surface area contributed by atoms with E-state index in [0.717, 1.165) is 18.4 Å². The summed E-state index contributed by atoms with van der Waals surface area (Å²) in [4.78, 5) is 0. The van der Waals surface area contributed by atoms with Gasteiger partial charge in [-0.1, -0.05) is 13.3 Å². The predicted octanol–water partition coefficient (Wildman–Crippen LogP) is 2.44. The van der Waals surface area contributed by atoms with E-state index in [2.05, 4.69) is 12.2 Å². The molecule has 1 fully saturated rings. The number of ether oxygens (including phenoxy) is 1. The normalized spacial score (nSPS) is 18.4. The monoisotopic (exact) mass is 199 g/mol. The van der Waals surface area contributed by atoms with Crippen LogP contribution in [0.3, 0.4) is 0 Å². The Morgan fingerprint density at radius 1 is 1.36 bits per heavy atom. The molecule has 0 aromatic rings. The molecule has 1 N–H and O–H groups in total. The average molecular weight is 199 g/mol. The van der Waals surface area contributed by atoms with Gasteiger partial charge < -0.3 is 10.1 Å². The van der Waals surface area contributed by atoms with Crippen LogP contribution in [0.1, 0.15) is 39.0 Å². The number of rotatable bonds is 9. The molecule has 84 valence electrons. The van der Waals surface area contributed by atoms with E-state index in [9.17, 15) is 0 Å². The van der Waals surface area contributed by atoms with E-state index in [1.165, 1.54) is 45.2 Å². The van der Waals surface area contributed by atoms with Crippen molar-refractivity contribution in [1.29, 1.82) is 0 Å². The van der Waals surface area contributed by atoms with E-state index in [4.69, 9.17) is 4.74 Å². The minimum Gasteiger partial charge on any atom is -0.385 e. The van der Waals surface area contributed by atoms with Gasteiger partial charge in [-0.2, -0.15) is 0 Å². The minimum absolute atomic E-state index is 0.818. The first-order valence-corrected chi connectivity index (χ1v) is 6.06. The predicted molar refractivity (Wildman–Crippen MR) is 60.5 cm³/mol. The molecule has 0 spiro atoms. The molecule has 0 amide bonds. The summed E-state index contributed by atoms with van der Waals surface area (Å²) in [6.45, 7) is 5.61. The fourth-order valence-electron chi connectivity index (χ4n) is 1.85. The SMILES string of the molecule is CCC[C@H](CCOC)CNCC1CC1. The molecule has 0 radical (unpaired) electrons. The van der Waals surface area contributed by atoms with E-state index in [0.29, 0.717) is 0 Å². The zero-order chi connectivity index (χ0) is 10.2. The molecule has 0 aromatic carbocycles. The van der Waals surface area contributed by atoms with Gasteiger partial charge in [-0.15, -0.1) is 0 Å². The van der Waals surface area contributed by atoms with Gasteiger partial charge >= 0.3 is 0 Å². The second-order valence-electron chi connectivity index (χ2n) is 4.54. The molecule has 1 aliphatic carbocycles. The summed E-state index contributed by atoms with van der Waals surface area (Å²) in [5.74, 6) is 1.82. The highest BCUT2D eigenvalue weighted by Gasteiger charge is 2.20. The lowest BCUT2D eigenvalue weighted by molar-refractivity contribution is 0.174. The number of hydrogen-bond donors (Lipinski definition) is 1. The second-order valence-corrected chi connectivity index (χ2v) is 4.54. The molecule has 2 nitrogen and oxygen atoms in total. The standard InChI is InChI=1S/C12H25NO/c1-3-4-11(7-8-14-2)9-13-10-12-5-6-12/h11-13H,3-10H2,1-2H3/t11-/m1/s1. The fourth-order valence-corrected chi connectivity index (χ4v) is 1.85. The van der Waals surface area contributed by atoms with Gasteiger partial charge in [-0.3, -0.25) is 0 Å². The summed E-state index contributed by atoms with van der Waals surface area (Å²) in [5, 5.41) is 3.59. The van der Waals surface area contributed by atoms with Crippen molar-refractivity contribution in [1.82, 2.24) is 5.32 Å². The lowest BCUT2D eigenvalue weighted by Crippen LogP contribution is -2.25.